The first kappa shape index (κ1) is 21.1. The Morgan fingerprint density at radius 3 is 2.59 bits per heavy atom. The maximum Gasteiger partial charge on any atom is 0.169 e. The number of rotatable bonds is 5. The number of Topliss-reactive ketones (excluding diaryl/α,β-unsaturated/α-hetero) is 1. The Kier molecular flexibility index (Phi) is 6.25. The fraction of sp³-hybridized carbons (Fsp3) is 0.640. The van der Waals surface area contributed by atoms with Crippen LogP contribution >= 0.6 is 22.6 Å². The fourth-order valence-corrected chi connectivity index (χ4v) is 5.90. The summed E-state index contributed by atoms with van der Waals surface area (Å²) in [6.07, 6.45) is 12.0. The van der Waals surface area contributed by atoms with Crippen LogP contribution < -0.4 is 0 Å². The Labute approximate surface area is 179 Å². The van der Waals surface area contributed by atoms with E-state index >= 15 is 0 Å². The molecule has 2 heteroatoms. The van der Waals surface area contributed by atoms with Crippen LogP contribution in [0.2, 0.25) is 0 Å². The highest BCUT2D eigenvalue weighted by Crippen LogP contribution is 2.60. The van der Waals surface area contributed by atoms with Crippen LogP contribution in [0.5, 0.6) is 0 Å². The number of halogens is 1. The molecule has 0 spiro atoms. The van der Waals surface area contributed by atoms with Crippen molar-refractivity contribution < 1.29 is 4.79 Å². The lowest BCUT2D eigenvalue weighted by molar-refractivity contribution is 0.000561. The van der Waals surface area contributed by atoms with Crippen LogP contribution in [0.1, 0.15) is 89.4 Å². The average Bonchev–Trinajstić information content (AvgIpc) is 2.66. The molecule has 0 radical (unpaired) electrons. The first-order valence-electron chi connectivity index (χ1n) is 10.7. The quantitative estimate of drug-likeness (QED) is 0.183. The molecule has 0 saturated heterocycles. The van der Waals surface area contributed by atoms with Gasteiger partial charge in [0.1, 0.15) is 0 Å². The number of ketones is 1. The van der Waals surface area contributed by atoms with E-state index in [1.807, 2.05) is 30.3 Å². The van der Waals surface area contributed by atoms with Crippen LogP contribution in [0.25, 0.3) is 0 Å². The maximum atomic E-state index is 13.6. The maximum absolute atomic E-state index is 13.6. The Morgan fingerprint density at radius 2 is 1.93 bits per heavy atom. The van der Waals surface area contributed by atoms with Gasteiger partial charge in [-0.3, -0.25) is 4.79 Å². The van der Waals surface area contributed by atoms with Gasteiger partial charge in [-0.15, -0.1) is 0 Å². The molecule has 0 amide bonds. The van der Waals surface area contributed by atoms with Crippen molar-refractivity contribution in [2.75, 3.05) is 0 Å². The molecule has 0 heterocycles. The van der Waals surface area contributed by atoms with Crippen molar-refractivity contribution in [1.82, 2.24) is 0 Å². The van der Waals surface area contributed by atoms with Crippen molar-refractivity contribution in [1.29, 1.82) is 0 Å². The van der Waals surface area contributed by atoms with Crippen molar-refractivity contribution in [3.63, 3.8) is 0 Å². The van der Waals surface area contributed by atoms with Gasteiger partial charge in [-0.25, -0.2) is 0 Å². The highest BCUT2D eigenvalue weighted by molar-refractivity contribution is 14.1. The summed E-state index contributed by atoms with van der Waals surface area (Å²) in [7, 11) is 0. The van der Waals surface area contributed by atoms with Crippen molar-refractivity contribution in [2.24, 2.45) is 16.7 Å². The molecule has 1 aromatic carbocycles. The van der Waals surface area contributed by atoms with Gasteiger partial charge in [-0.2, -0.15) is 0 Å². The second kappa shape index (κ2) is 8.00. The monoisotopic (exact) mass is 478 g/mol. The molecule has 2 aliphatic rings. The highest BCUT2D eigenvalue weighted by atomic mass is 127. The number of allylic oxidation sites excluding steroid dienone is 2. The first-order chi connectivity index (χ1) is 12.7. The molecular formula is C25H35IO. The molecule has 4 atom stereocenters. The molecule has 3 rings (SSSR count). The van der Waals surface area contributed by atoms with Crippen LogP contribution in [0, 0.1) is 16.7 Å². The predicted molar refractivity (Wildman–Crippen MR) is 124 cm³/mol. The van der Waals surface area contributed by atoms with E-state index in [0.29, 0.717) is 15.1 Å². The molecule has 27 heavy (non-hydrogen) atoms. The molecule has 2 fully saturated rings. The summed E-state index contributed by atoms with van der Waals surface area (Å²) in [6, 6.07) is 10.00. The van der Waals surface area contributed by atoms with Crippen LogP contribution in [-0.2, 0) is 0 Å². The van der Waals surface area contributed by atoms with E-state index in [0.717, 1.165) is 24.8 Å². The molecule has 2 aliphatic carbocycles. The molecule has 0 bridgehead atoms. The first-order valence-corrected chi connectivity index (χ1v) is 11.8. The molecule has 1 aromatic rings. The van der Waals surface area contributed by atoms with Crippen molar-refractivity contribution >= 4 is 28.4 Å². The van der Waals surface area contributed by atoms with Crippen LogP contribution in [0.3, 0.4) is 0 Å². The van der Waals surface area contributed by atoms with Crippen LogP contribution in [0.4, 0.5) is 0 Å². The van der Waals surface area contributed by atoms with Crippen LogP contribution in [-0.4, -0.2) is 9.20 Å². The summed E-state index contributed by atoms with van der Waals surface area (Å²) >= 11 is 2.61. The molecule has 1 nitrogen and oxygen atoms in total. The molecule has 0 aliphatic heterocycles. The number of benzene rings is 1. The summed E-state index contributed by atoms with van der Waals surface area (Å²) in [5.74, 6) is 0.834. The van der Waals surface area contributed by atoms with Gasteiger partial charge in [-0.05, 0) is 56.3 Å². The number of hydrogen-bond donors (Lipinski definition) is 0. The summed E-state index contributed by atoms with van der Waals surface area (Å²) < 4.78 is 0.339. The number of carbonyl (C=O) groups excluding carboxylic acids is 1. The van der Waals surface area contributed by atoms with E-state index in [-0.39, 0.29) is 10.8 Å². The Bertz CT molecular complexity index is 704. The minimum Gasteiger partial charge on any atom is -0.294 e. The van der Waals surface area contributed by atoms with E-state index in [9.17, 15) is 4.79 Å². The minimum atomic E-state index is -0.230. The fourth-order valence-electron chi connectivity index (χ4n) is 5.68. The van der Waals surface area contributed by atoms with Gasteiger partial charge in [0.05, 0.1) is 0 Å². The van der Waals surface area contributed by atoms with E-state index < -0.39 is 0 Å². The lowest BCUT2D eigenvalue weighted by Gasteiger charge is -2.55. The Morgan fingerprint density at radius 1 is 1.22 bits per heavy atom. The second-order valence-corrected chi connectivity index (χ2v) is 12.1. The molecule has 0 aromatic heterocycles. The molecule has 2 saturated carbocycles. The van der Waals surface area contributed by atoms with Gasteiger partial charge >= 0.3 is 0 Å². The molecule has 148 valence electrons. The van der Waals surface area contributed by atoms with E-state index in [1.165, 1.54) is 32.1 Å². The summed E-state index contributed by atoms with van der Waals surface area (Å²) in [5, 5.41) is 0. The standard InChI is InChI=1S/C25H35IO/c1-5-23(2,26)18-15-20-13-9-14-21-24(20,3)16-10-17-25(21,4)22(27)19-11-7-6-8-12-19/h6-8,11-12,15,21H,5,9-10,13-14,16-18H2,1-4H3/b20-15+/t21?,23-,24+,25-/m1/s1. The number of fused-ring (bicyclic) bond motifs is 1. The van der Waals surface area contributed by atoms with Gasteiger partial charge in [-0.1, -0.05) is 98.7 Å². The highest BCUT2D eigenvalue weighted by Gasteiger charge is 2.54. The zero-order valence-corrected chi connectivity index (χ0v) is 19.6. The molecular weight excluding hydrogens is 443 g/mol. The van der Waals surface area contributed by atoms with Gasteiger partial charge in [0, 0.05) is 14.4 Å². The van der Waals surface area contributed by atoms with E-state index in [1.54, 1.807) is 5.57 Å². The third kappa shape index (κ3) is 4.06. The second-order valence-electron chi connectivity index (χ2n) is 9.53. The van der Waals surface area contributed by atoms with E-state index in [2.05, 4.69) is 56.4 Å². The number of carbonyl (C=O) groups is 1. The Balaban J connectivity index is 1.93. The predicted octanol–water partition coefficient (Wildman–Crippen LogP) is 7.79. The number of alkyl halides is 1. The van der Waals surface area contributed by atoms with Crippen molar-refractivity contribution in [3.8, 4) is 0 Å². The van der Waals surface area contributed by atoms with Gasteiger partial charge in [0.25, 0.3) is 0 Å². The van der Waals surface area contributed by atoms with Gasteiger partial charge in [0.15, 0.2) is 5.78 Å². The summed E-state index contributed by atoms with van der Waals surface area (Å²) in [6.45, 7) is 9.38. The zero-order valence-electron chi connectivity index (χ0n) is 17.5. The zero-order chi connectivity index (χ0) is 19.7. The van der Waals surface area contributed by atoms with Gasteiger partial charge in [0.2, 0.25) is 0 Å². The average molecular weight is 478 g/mol. The topological polar surface area (TPSA) is 17.1 Å². The third-order valence-corrected chi connectivity index (χ3v) is 8.87. The largest absolute Gasteiger partial charge is 0.294 e. The summed E-state index contributed by atoms with van der Waals surface area (Å²) in [5.41, 5.74) is 2.50. The lowest BCUT2D eigenvalue weighted by Crippen LogP contribution is -2.50. The third-order valence-electron chi connectivity index (χ3n) is 7.67. The molecule has 1 unspecified atom stereocenters. The summed E-state index contributed by atoms with van der Waals surface area (Å²) in [4.78, 5) is 13.6. The normalized spacial score (nSPS) is 34.7. The lowest BCUT2D eigenvalue weighted by atomic mass is 9.48. The van der Waals surface area contributed by atoms with Crippen LogP contribution in [0.15, 0.2) is 42.0 Å². The van der Waals surface area contributed by atoms with Gasteiger partial charge < -0.3 is 0 Å². The SMILES string of the molecule is CC[C@@](C)(I)C/C=C1\CCCC2[C@](C)(C(=O)c3ccccc3)CCC[C@@]12C. The van der Waals surface area contributed by atoms with Crippen molar-refractivity contribution in [3.05, 3.63) is 47.5 Å². The van der Waals surface area contributed by atoms with E-state index in [4.69, 9.17) is 0 Å². The smallest absolute Gasteiger partial charge is 0.169 e. The minimum absolute atomic E-state index is 0.191. The van der Waals surface area contributed by atoms with Crippen molar-refractivity contribution in [2.45, 2.75) is 82.5 Å². The Hall–Kier alpha value is -0.640. The molecule has 0 N–H and O–H groups in total. The number of hydrogen-bond acceptors (Lipinski definition) is 1.